The first-order chi connectivity index (χ1) is 10.4. The van der Waals surface area contributed by atoms with Crippen LogP contribution in [0.3, 0.4) is 0 Å². The molecule has 0 unspecified atom stereocenters. The molecule has 0 aliphatic rings. The highest BCUT2D eigenvalue weighted by atomic mass is 16.5. The van der Waals surface area contributed by atoms with Crippen LogP contribution in [-0.2, 0) is 6.54 Å². The summed E-state index contributed by atoms with van der Waals surface area (Å²) in [7, 11) is 3.01. The van der Waals surface area contributed by atoms with E-state index in [4.69, 9.17) is 14.4 Å². The number of carbonyl (C=O) groups is 2. The van der Waals surface area contributed by atoms with Crippen LogP contribution in [0.5, 0.6) is 5.75 Å². The van der Waals surface area contributed by atoms with Gasteiger partial charge in [0, 0.05) is 18.7 Å². The van der Waals surface area contributed by atoms with Crippen LogP contribution < -0.4 is 4.74 Å². The van der Waals surface area contributed by atoms with Crippen molar-refractivity contribution in [2.75, 3.05) is 14.2 Å². The fourth-order valence-electron chi connectivity index (χ4n) is 1.98. The summed E-state index contributed by atoms with van der Waals surface area (Å²) in [5.41, 5.74) is 0.951. The van der Waals surface area contributed by atoms with Crippen molar-refractivity contribution in [2.45, 2.75) is 13.5 Å². The Morgan fingerprint density at radius 2 is 1.95 bits per heavy atom. The van der Waals surface area contributed by atoms with Crippen LogP contribution in [0.2, 0.25) is 0 Å². The molecule has 1 N–H and O–H groups in total. The zero-order valence-electron chi connectivity index (χ0n) is 12.5. The van der Waals surface area contributed by atoms with Gasteiger partial charge in [0.25, 0.3) is 5.91 Å². The number of hydrogen-bond acceptors (Lipinski definition) is 5. The third kappa shape index (κ3) is 3.43. The fourth-order valence-corrected chi connectivity index (χ4v) is 1.98. The van der Waals surface area contributed by atoms with Gasteiger partial charge in [0.15, 0.2) is 5.76 Å². The van der Waals surface area contributed by atoms with Crippen LogP contribution in [-0.4, -0.2) is 41.2 Å². The topological polar surface area (TPSA) is 92.9 Å². The van der Waals surface area contributed by atoms with Crippen LogP contribution >= 0.6 is 0 Å². The lowest BCUT2D eigenvalue weighted by Crippen LogP contribution is -2.26. The summed E-state index contributed by atoms with van der Waals surface area (Å²) in [6.45, 7) is 2.02. The van der Waals surface area contributed by atoms with Crippen LogP contribution in [0, 0.1) is 6.92 Å². The quantitative estimate of drug-likeness (QED) is 0.907. The van der Waals surface area contributed by atoms with E-state index in [1.807, 2.05) is 0 Å². The molecule has 116 valence electrons. The highest BCUT2D eigenvalue weighted by Crippen LogP contribution is 2.19. The van der Waals surface area contributed by atoms with E-state index in [-0.39, 0.29) is 23.6 Å². The molecular weight excluding hydrogens is 288 g/mol. The maximum atomic E-state index is 12.4. The second-order valence-corrected chi connectivity index (χ2v) is 4.85. The number of aromatic carboxylic acids is 1. The molecule has 0 fully saturated rings. The molecular formula is C15H16N2O5. The molecule has 1 aromatic heterocycles. The second-order valence-electron chi connectivity index (χ2n) is 4.85. The van der Waals surface area contributed by atoms with Crippen LogP contribution in [0.1, 0.15) is 32.2 Å². The van der Waals surface area contributed by atoms with Gasteiger partial charge in [0.2, 0.25) is 0 Å². The van der Waals surface area contributed by atoms with Gasteiger partial charge >= 0.3 is 5.97 Å². The third-order valence-corrected chi connectivity index (χ3v) is 3.05. The molecule has 0 saturated carbocycles. The van der Waals surface area contributed by atoms with Crippen molar-refractivity contribution < 1.29 is 24.0 Å². The predicted octanol–water partition coefficient (Wildman–Crippen LogP) is 1.96. The van der Waals surface area contributed by atoms with Crippen molar-refractivity contribution in [3.8, 4) is 5.75 Å². The molecule has 7 heteroatoms. The van der Waals surface area contributed by atoms with Crippen molar-refractivity contribution >= 4 is 11.9 Å². The minimum Gasteiger partial charge on any atom is -0.497 e. The number of rotatable bonds is 5. The summed E-state index contributed by atoms with van der Waals surface area (Å²) < 4.78 is 10.1. The number of benzene rings is 1. The summed E-state index contributed by atoms with van der Waals surface area (Å²) in [6.07, 6.45) is 0. The number of carbonyl (C=O) groups excluding carboxylic acids is 1. The summed E-state index contributed by atoms with van der Waals surface area (Å²) in [6, 6.07) is 5.91. The van der Waals surface area contributed by atoms with E-state index < -0.39 is 5.97 Å². The molecule has 0 saturated heterocycles. The first-order valence-corrected chi connectivity index (χ1v) is 6.50. The molecule has 1 aromatic carbocycles. The van der Waals surface area contributed by atoms with Crippen LogP contribution in [0.25, 0.3) is 0 Å². The van der Waals surface area contributed by atoms with Crippen LogP contribution in [0.4, 0.5) is 0 Å². The van der Waals surface area contributed by atoms with E-state index in [1.165, 1.54) is 30.2 Å². The van der Waals surface area contributed by atoms with Crippen molar-refractivity contribution in [3.05, 3.63) is 46.8 Å². The zero-order valence-corrected chi connectivity index (χ0v) is 12.5. The standard InChI is InChI=1S/C15H16N2O5/c1-9-4-13(22-16-9)8-17(2)14(18)10-5-11(15(19)20)7-12(6-10)21-3/h4-7H,8H2,1-3H3,(H,19,20). The first kappa shape index (κ1) is 15.6. The van der Waals surface area contributed by atoms with E-state index in [2.05, 4.69) is 5.16 Å². The molecule has 0 aliphatic heterocycles. The van der Waals surface area contributed by atoms with Gasteiger partial charge in [-0.25, -0.2) is 4.79 Å². The predicted molar refractivity (Wildman–Crippen MR) is 77.0 cm³/mol. The molecule has 7 nitrogen and oxygen atoms in total. The number of hydrogen-bond donors (Lipinski definition) is 1. The lowest BCUT2D eigenvalue weighted by Gasteiger charge is -2.16. The molecule has 2 rings (SSSR count). The smallest absolute Gasteiger partial charge is 0.335 e. The Morgan fingerprint density at radius 3 is 2.50 bits per heavy atom. The fraction of sp³-hybridized carbons (Fsp3) is 0.267. The molecule has 0 aliphatic carbocycles. The Balaban J connectivity index is 2.24. The number of nitrogens with zero attached hydrogens (tertiary/aromatic N) is 2. The largest absolute Gasteiger partial charge is 0.497 e. The molecule has 22 heavy (non-hydrogen) atoms. The van der Waals surface area contributed by atoms with E-state index in [9.17, 15) is 9.59 Å². The molecule has 0 atom stereocenters. The summed E-state index contributed by atoms with van der Waals surface area (Å²) in [4.78, 5) is 24.9. The van der Waals surface area contributed by atoms with E-state index >= 15 is 0 Å². The summed E-state index contributed by atoms with van der Waals surface area (Å²) >= 11 is 0. The molecule has 0 spiro atoms. The number of ether oxygens (including phenoxy) is 1. The normalized spacial score (nSPS) is 10.3. The van der Waals surface area contributed by atoms with E-state index in [0.717, 1.165) is 5.69 Å². The molecule has 0 bridgehead atoms. The van der Waals surface area contributed by atoms with Crippen molar-refractivity contribution in [2.24, 2.45) is 0 Å². The van der Waals surface area contributed by atoms with Gasteiger partial charge in [-0.05, 0) is 25.1 Å². The Kier molecular flexibility index (Phi) is 4.45. The van der Waals surface area contributed by atoms with Gasteiger partial charge in [-0.3, -0.25) is 4.79 Å². The third-order valence-electron chi connectivity index (χ3n) is 3.05. The number of carboxylic acid groups (broad SMARTS) is 1. The molecule has 0 radical (unpaired) electrons. The Labute approximate surface area is 127 Å². The molecule has 1 amide bonds. The number of aryl methyl sites for hydroxylation is 1. The number of carboxylic acids is 1. The minimum atomic E-state index is -1.12. The van der Waals surface area contributed by atoms with Gasteiger partial charge in [-0.15, -0.1) is 0 Å². The summed E-state index contributed by atoms with van der Waals surface area (Å²) in [5.74, 6) is -0.598. The molecule has 1 heterocycles. The average molecular weight is 304 g/mol. The van der Waals surface area contributed by atoms with E-state index in [1.54, 1.807) is 20.0 Å². The van der Waals surface area contributed by atoms with Gasteiger partial charge in [0.05, 0.1) is 24.9 Å². The van der Waals surface area contributed by atoms with Crippen LogP contribution in [0.15, 0.2) is 28.8 Å². The van der Waals surface area contributed by atoms with Gasteiger partial charge in [0.1, 0.15) is 5.75 Å². The van der Waals surface area contributed by atoms with Gasteiger partial charge in [-0.1, -0.05) is 5.16 Å². The SMILES string of the molecule is COc1cc(C(=O)O)cc(C(=O)N(C)Cc2cc(C)no2)c1. The van der Waals surface area contributed by atoms with Gasteiger partial charge < -0.3 is 19.3 Å². The van der Waals surface area contributed by atoms with Crippen molar-refractivity contribution in [3.63, 3.8) is 0 Å². The Bertz CT molecular complexity index is 708. The first-order valence-electron chi connectivity index (χ1n) is 6.50. The molecule has 2 aromatic rings. The maximum absolute atomic E-state index is 12.4. The maximum Gasteiger partial charge on any atom is 0.335 e. The number of amides is 1. The lowest BCUT2D eigenvalue weighted by molar-refractivity contribution is 0.0696. The number of methoxy groups -OCH3 is 1. The summed E-state index contributed by atoms with van der Waals surface area (Å²) in [5, 5.41) is 12.8. The van der Waals surface area contributed by atoms with E-state index in [0.29, 0.717) is 11.5 Å². The van der Waals surface area contributed by atoms with Gasteiger partial charge in [-0.2, -0.15) is 0 Å². The average Bonchev–Trinajstić information content (AvgIpc) is 2.90. The van der Waals surface area contributed by atoms with Crippen molar-refractivity contribution in [1.82, 2.24) is 10.1 Å². The Morgan fingerprint density at radius 1 is 1.27 bits per heavy atom. The van der Waals surface area contributed by atoms with Crippen molar-refractivity contribution in [1.29, 1.82) is 0 Å². The highest BCUT2D eigenvalue weighted by Gasteiger charge is 2.17. The number of aromatic nitrogens is 1. The Hall–Kier alpha value is -2.83. The second kappa shape index (κ2) is 6.30. The highest BCUT2D eigenvalue weighted by molar-refractivity contribution is 5.98. The monoisotopic (exact) mass is 304 g/mol. The lowest BCUT2D eigenvalue weighted by atomic mass is 10.1. The minimum absolute atomic E-state index is 0.00777. The zero-order chi connectivity index (χ0) is 16.3.